The van der Waals surface area contributed by atoms with E-state index >= 15 is 0 Å². The predicted molar refractivity (Wildman–Crippen MR) is 96.2 cm³/mol. The van der Waals surface area contributed by atoms with Crippen LogP contribution in [0.2, 0.25) is 5.02 Å². The minimum absolute atomic E-state index is 0.0745. The van der Waals surface area contributed by atoms with Gasteiger partial charge in [0.05, 0.1) is 12.1 Å². The fraction of sp³-hybridized carbons (Fsp3) is 0.200. The Morgan fingerprint density at radius 3 is 2.68 bits per heavy atom. The monoisotopic (exact) mass is 352 g/mol. The molecule has 25 heavy (non-hydrogen) atoms. The lowest BCUT2D eigenvalue weighted by atomic mass is 9.99. The Morgan fingerprint density at radius 2 is 1.88 bits per heavy atom. The number of amides is 1. The highest BCUT2D eigenvalue weighted by Gasteiger charge is 2.21. The van der Waals surface area contributed by atoms with Crippen molar-refractivity contribution in [3.05, 3.63) is 76.4 Å². The second-order valence-corrected chi connectivity index (χ2v) is 6.64. The average Bonchev–Trinajstić information content (AvgIpc) is 3.10. The molecule has 0 N–H and O–H groups in total. The van der Waals surface area contributed by atoms with Crippen LogP contribution in [0.1, 0.15) is 16.8 Å². The second-order valence-electron chi connectivity index (χ2n) is 6.20. The van der Waals surface area contributed by atoms with Crippen molar-refractivity contribution in [2.24, 2.45) is 0 Å². The van der Waals surface area contributed by atoms with Gasteiger partial charge in [-0.15, -0.1) is 0 Å². The first kappa shape index (κ1) is 15.9. The molecule has 1 amide bonds. The Kier molecular flexibility index (Phi) is 4.28. The van der Waals surface area contributed by atoms with Crippen LogP contribution in [0.5, 0.6) is 0 Å². The fourth-order valence-corrected chi connectivity index (χ4v) is 3.25. The maximum Gasteiger partial charge on any atom is 0.229 e. The van der Waals surface area contributed by atoms with Gasteiger partial charge in [0.15, 0.2) is 5.76 Å². The van der Waals surface area contributed by atoms with Crippen LogP contribution in [0.25, 0.3) is 11.3 Å². The minimum atomic E-state index is 0.0745. The first-order valence-electron chi connectivity index (χ1n) is 8.25. The van der Waals surface area contributed by atoms with E-state index in [9.17, 15) is 4.79 Å². The highest BCUT2D eigenvalue weighted by molar-refractivity contribution is 6.30. The molecule has 126 valence electrons. The molecule has 0 bridgehead atoms. The molecule has 3 aromatic rings. The van der Waals surface area contributed by atoms with Gasteiger partial charge in [-0.3, -0.25) is 4.79 Å². The Morgan fingerprint density at radius 1 is 1.12 bits per heavy atom. The summed E-state index contributed by atoms with van der Waals surface area (Å²) in [4.78, 5) is 14.5. The quantitative estimate of drug-likeness (QED) is 0.712. The van der Waals surface area contributed by atoms with Gasteiger partial charge in [0.2, 0.25) is 5.91 Å². The highest BCUT2D eigenvalue weighted by atomic mass is 35.5. The number of rotatable bonds is 3. The zero-order valence-corrected chi connectivity index (χ0v) is 14.4. The number of carbonyl (C=O) groups is 1. The van der Waals surface area contributed by atoms with Gasteiger partial charge in [-0.1, -0.05) is 41.0 Å². The molecule has 0 fully saturated rings. The zero-order chi connectivity index (χ0) is 17.2. The first-order chi connectivity index (χ1) is 12.2. The second kappa shape index (κ2) is 6.73. The van der Waals surface area contributed by atoms with E-state index < -0.39 is 0 Å². The number of aromatic nitrogens is 1. The summed E-state index contributed by atoms with van der Waals surface area (Å²) in [6, 6.07) is 17.4. The summed E-state index contributed by atoms with van der Waals surface area (Å²) in [7, 11) is 0. The van der Waals surface area contributed by atoms with E-state index in [-0.39, 0.29) is 12.3 Å². The molecule has 0 unspecified atom stereocenters. The number of carbonyl (C=O) groups excluding carboxylic acids is 1. The largest absolute Gasteiger partial charge is 0.356 e. The van der Waals surface area contributed by atoms with Gasteiger partial charge >= 0.3 is 0 Å². The molecular weight excluding hydrogens is 336 g/mol. The smallest absolute Gasteiger partial charge is 0.229 e. The molecule has 1 aliphatic rings. The summed E-state index contributed by atoms with van der Waals surface area (Å²) in [5.41, 5.74) is 4.10. The lowest BCUT2D eigenvalue weighted by molar-refractivity contribution is -0.131. The molecule has 0 radical (unpaired) electrons. The lowest BCUT2D eigenvalue weighted by Crippen LogP contribution is -2.36. The summed E-state index contributed by atoms with van der Waals surface area (Å²) in [6.45, 7) is 1.41. The van der Waals surface area contributed by atoms with E-state index in [1.165, 1.54) is 11.1 Å². The minimum Gasteiger partial charge on any atom is -0.356 e. The van der Waals surface area contributed by atoms with Gasteiger partial charge in [-0.05, 0) is 41.8 Å². The van der Waals surface area contributed by atoms with Crippen molar-refractivity contribution in [1.82, 2.24) is 10.1 Å². The van der Waals surface area contributed by atoms with Crippen LogP contribution in [-0.2, 0) is 24.2 Å². The maximum absolute atomic E-state index is 12.6. The third-order valence-electron chi connectivity index (χ3n) is 4.50. The molecule has 1 aromatic heterocycles. The van der Waals surface area contributed by atoms with Crippen molar-refractivity contribution in [2.45, 2.75) is 19.4 Å². The molecule has 0 aliphatic carbocycles. The van der Waals surface area contributed by atoms with Crippen molar-refractivity contribution in [2.75, 3.05) is 6.54 Å². The van der Waals surface area contributed by atoms with Crippen molar-refractivity contribution in [3.63, 3.8) is 0 Å². The Hall–Kier alpha value is -2.59. The summed E-state index contributed by atoms with van der Waals surface area (Å²) in [5.74, 6) is 0.717. The van der Waals surface area contributed by atoms with Crippen molar-refractivity contribution >= 4 is 17.5 Å². The van der Waals surface area contributed by atoms with Gasteiger partial charge < -0.3 is 9.42 Å². The fourth-order valence-electron chi connectivity index (χ4n) is 3.12. The van der Waals surface area contributed by atoms with Crippen LogP contribution in [0.4, 0.5) is 0 Å². The van der Waals surface area contributed by atoms with Gasteiger partial charge in [0, 0.05) is 29.7 Å². The summed E-state index contributed by atoms with van der Waals surface area (Å²) in [6.07, 6.45) is 1.15. The molecule has 0 saturated heterocycles. The first-order valence-corrected chi connectivity index (χ1v) is 8.63. The standard InChI is InChI=1S/C20H17ClN2O2/c21-17-7-5-15(6-8-17)19-11-18(22-25-19)12-20(24)23-10-9-14-3-1-2-4-16(14)13-23/h1-8,11H,9-10,12-13H2. The molecular formula is C20H17ClN2O2. The number of halogens is 1. The van der Waals surface area contributed by atoms with Crippen molar-refractivity contribution in [1.29, 1.82) is 0 Å². The number of hydrogen-bond donors (Lipinski definition) is 0. The van der Waals surface area contributed by atoms with E-state index in [1.807, 2.05) is 35.2 Å². The third kappa shape index (κ3) is 3.44. The van der Waals surface area contributed by atoms with Crippen LogP contribution in [-0.4, -0.2) is 22.5 Å². The molecule has 2 heterocycles. The van der Waals surface area contributed by atoms with Crippen molar-refractivity contribution < 1.29 is 9.32 Å². The van der Waals surface area contributed by atoms with Gasteiger partial charge in [-0.2, -0.15) is 0 Å². The number of hydrogen-bond acceptors (Lipinski definition) is 3. The van der Waals surface area contributed by atoms with E-state index in [1.54, 1.807) is 12.1 Å². The topological polar surface area (TPSA) is 46.3 Å². The maximum atomic E-state index is 12.6. The van der Waals surface area contributed by atoms with E-state index in [2.05, 4.69) is 17.3 Å². The van der Waals surface area contributed by atoms with E-state index in [0.717, 1.165) is 18.5 Å². The lowest BCUT2D eigenvalue weighted by Gasteiger charge is -2.28. The molecule has 0 atom stereocenters. The predicted octanol–water partition coefficient (Wildman–Crippen LogP) is 4.12. The molecule has 4 rings (SSSR count). The summed E-state index contributed by atoms with van der Waals surface area (Å²) >= 11 is 5.90. The Bertz CT molecular complexity index is 902. The average molecular weight is 353 g/mol. The van der Waals surface area contributed by atoms with Crippen LogP contribution < -0.4 is 0 Å². The summed E-state index contributed by atoms with van der Waals surface area (Å²) in [5, 5.41) is 4.71. The summed E-state index contributed by atoms with van der Waals surface area (Å²) < 4.78 is 5.37. The van der Waals surface area contributed by atoms with Crippen LogP contribution in [0, 0.1) is 0 Å². The molecule has 2 aromatic carbocycles. The molecule has 5 heteroatoms. The van der Waals surface area contributed by atoms with Gasteiger partial charge in [0.1, 0.15) is 0 Å². The third-order valence-corrected chi connectivity index (χ3v) is 4.76. The van der Waals surface area contributed by atoms with E-state index in [0.29, 0.717) is 23.0 Å². The molecule has 4 nitrogen and oxygen atoms in total. The van der Waals surface area contributed by atoms with E-state index in [4.69, 9.17) is 16.1 Å². The normalized spacial score (nSPS) is 13.6. The zero-order valence-electron chi connectivity index (χ0n) is 13.6. The SMILES string of the molecule is O=C(Cc1cc(-c2ccc(Cl)cc2)on1)N1CCc2ccccc2C1. The van der Waals surface area contributed by atoms with Crippen LogP contribution in [0.3, 0.4) is 0 Å². The molecule has 1 aliphatic heterocycles. The number of fused-ring (bicyclic) bond motifs is 1. The Balaban J connectivity index is 1.44. The Labute approximate surface area is 151 Å². The highest BCUT2D eigenvalue weighted by Crippen LogP contribution is 2.23. The van der Waals surface area contributed by atoms with Gasteiger partial charge in [-0.25, -0.2) is 0 Å². The number of benzene rings is 2. The molecule has 0 saturated carbocycles. The van der Waals surface area contributed by atoms with Crippen molar-refractivity contribution in [3.8, 4) is 11.3 Å². The number of nitrogens with zero attached hydrogens (tertiary/aromatic N) is 2. The van der Waals surface area contributed by atoms with Crippen LogP contribution in [0.15, 0.2) is 59.1 Å². The van der Waals surface area contributed by atoms with Crippen LogP contribution >= 0.6 is 11.6 Å². The molecule has 0 spiro atoms. The van der Waals surface area contributed by atoms with Gasteiger partial charge in [0.25, 0.3) is 0 Å².